The van der Waals surface area contributed by atoms with Gasteiger partial charge in [0, 0.05) is 18.0 Å². The van der Waals surface area contributed by atoms with Crippen molar-refractivity contribution in [2.24, 2.45) is 23.7 Å². The van der Waals surface area contributed by atoms with Gasteiger partial charge in [-0.3, -0.25) is 4.79 Å². The van der Waals surface area contributed by atoms with Crippen molar-refractivity contribution >= 4 is 27.5 Å². The molecule has 0 aliphatic heterocycles. The Labute approximate surface area is 176 Å². The monoisotopic (exact) mass is 442 g/mol. The normalized spacial score (nSPS) is 31.1. The summed E-state index contributed by atoms with van der Waals surface area (Å²) in [6.45, 7) is 3.33. The molecule has 1 aromatic rings. The van der Waals surface area contributed by atoms with Crippen molar-refractivity contribution in [2.75, 3.05) is 0 Å². The van der Waals surface area contributed by atoms with Gasteiger partial charge in [0.2, 0.25) is 15.9 Å². The molecule has 160 valence electrons. The summed E-state index contributed by atoms with van der Waals surface area (Å²) in [7, 11) is -3.99. The fourth-order valence-corrected chi connectivity index (χ4v) is 7.89. The molecule has 0 unspecified atom stereocenters. The molecule has 0 atom stereocenters. The molecule has 8 heteroatoms. The largest absolute Gasteiger partial charge is 0.353 e. The lowest BCUT2D eigenvalue weighted by Crippen LogP contribution is -2.57. The van der Waals surface area contributed by atoms with Gasteiger partial charge >= 0.3 is 0 Å². The smallest absolute Gasteiger partial charge is 0.242 e. The topological polar surface area (TPSA) is 75.3 Å². The minimum Gasteiger partial charge on any atom is -0.353 e. The Morgan fingerprint density at radius 1 is 1.14 bits per heavy atom. The second-order valence-corrected chi connectivity index (χ2v) is 11.8. The molecule has 29 heavy (non-hydrogen) atoms. The summed E-state index contributed by atoms with van der Waals surface area (Å²) in [6, 6.07) is 3.36. The molecule has 5 rings (SSSR count). The Kier molecular flexibility index (Phi) is 5.45. The summed E-state index contributed by atoms with van der Waals surface area (Å²) in [6.07, 6.45) is 6.20. The van der Waals surface area contributed by atoms with E-state index >= 15 is 0 Å². The van der Waals surface area contributed by atoms with Gasteiger partial charge in [-0.1, -0.05) is 11.6 Å². The Hall–Kier alpha value is -1.18. The van der Waals surface area contributed by atoms with Crippen molar-refractivity contribution in [1.29, 1.82) is 0 Å². The van der Waals surface area contributed by atoms with E-state index in [1.54, 1.807) is 13.8 Å². The van der Waals surface area contributed by atoms with Crippen LogP contribution in [0.4, 0.5) is 4.39 Å². The molecule has 4 bridgehead atoms. The van der Waals surface area contributed by atoms with E-state index in [1.807, 2.05) is 0 Å². The molecule has 4 saturated carbocycles. The second kappa shape index (κ2) is 7.50. The van der Waals surface area contributed by atoms with Gasteiger partial charge in [-0.2, -0.15) is 0 Å². The Morgan fingerprint density at radius 3 is 2.28 bits per heavy atom. The molecule has 0 aromatic heterocycles. The van der Waals surface area contributed by atoms with Gasteiger partial charge in [-0.05, 0) is 87.8 Å². The van der Waals surface area contributed by atoms with Gasteiger partial charge in [0.15, 0.2) is 0 Å². The van der Waals surface area contributed by atoms with Gasteiger partial charge < -0.3 is 5.32 Å². The minimum atomic E-state index is -3.99. The predicted molar refractivity (Wildman–Crippen MR) is 109 cm³/mol. The first-order valence-electron chi connectivity index (χ1n) is 10.3. The Bertz CT molecular complexity index is 891. The molecular weight excluding hydrogens is 415 g/mol. The van der Waals surface area contributed by atoms with Crippen LogP contribution in [0.25, 0.3) is 0 Å². The molecule has 5 nitrogen and oxygen atoms in total. The molecule has 0 saturated heterocycles. The summed E-state index contributed by atoms with van der Waals surface area (Å²) in [4.78, 5) is 12.6. The highest BCUT2D eigenvalue weighted by Gasteiger charge is 2.48. The lowest BCUT2D eigenvalue weighted by Gasteiger charge is -2.54. The summed E-state index contributed by atoms with van der Waals surface area (Å²) >= 11 is 5.91. The lowest BCUT2D eigenvalue weighted by molar-refractivity contribution is -0.126. The Morgan fingerprint density at radius 2 is 1.72 bits per heavy atom. The molecular formula is C21H28ClFN2O3S. The number of nitrogens with one attached hydrogen (secondary N) is 2. The number of amides is 1. The van der Waals surface area contributed by atoms with Crippen LogP contribution in [0.3, 0.4) is 0 Å². The van der Waals surface area contributed by atoms with Crippen LogP contribution < -0.4 is 10.0 Å². The minimum absolute atomic E-state index is 0.0217. The predicted octanol–water partition coefficient (Wildman–Crippen LogP) is 3.87. The number of hydrogen-bond donors (Lipinski definition) is 2. The van der Waals surface area contributed by atoms with E-state index in [4.69, 9.17) is 11.6 Å². The highest BCUT2D eigenvalue weighted by atomic mass is 35.5. The van der Waals surface area contributed by atoms with E-state index in [0.29, 0.717) is 11.8 Å². The maximum absolute atomic E-state index is 13.2. The summed E-state index contributed by atoms with van der Waals surface area (Å²) < 4.78 is 41.2. The van der Waals surface area contributed by atoms with Crippen molar-refractivity contribution in [1.82, 2.24) is 10.0 Å². The zero-order valence-electron chi connectivity index (χ0n) is 16.8. The number of carbonyl (C=O) groups is 1. The van der Waals surface area contributed by atoms with Crippen molar-refractivity contribution < 1.29 is 17.6 Å². The third-order valence-electron chi connectivity index (χ3n) is 6.75. The highest BCUT2D eigenvalue weighted by molar-refractivity contribution is 7.89. The van der Waals surface area contributed by atoms with Crippen LogP contribution in [0.2, 0.25) is 5.02 Å². The maximum atomic E-state index is 13.2. The van der Waals surface area contributed by atoms with E-state index in [0.717, 1.165) is 30.0 Å². The average molecular weight is 443 g/mol. The van der Waals surface area contributed by atoms with E-state index < -0.39 is 21.4 Å². The first-order chi connectivity index (χ1) is 13.5. The molecule has 4 fully saturated rings. The summed E-state index contributed by atoms with van der Waals surface area (Å²) in [5, 5.41) is 3.02. The quantitative estimate of drug-likeness (QED) is 0.702. The van der Waals surface area contributed by atoms with Crippen LogP contribution in [-0.2, 0) is 14.8 Å². The van der Waals surface area contributed by atoms with Crippen LogP contribution in [0.5, 0.6) is 0 Å². The van der Waals surface area contributed by atoms with Crippen LogP contribution in [0, 0.1) is 29.5 Å². The van der Waals surface area contributed by atoms with E-state index in [9.17, 15) is 17.6 Å². The Balaban J connectivity index is 1.40. The number of hydrogen-bond acceptors (Lipinski definition) is 3. The van der Waals surface area contributed by atoms with Crippen molar-refractivity contribution in [3.63, 3.8) is 0 Å². The number of carbonyl (C=O) groups excluding carboxylic acids is 1. The van der Waals surface area contributed by atoms with Gasteiger partial charge in [0.25, 0.3) is 0 Å². The molecule has 0 radical (unpaired) electrons. The van der Waals surface area contributed by atoms with Crippen molar-refractivity contribution in [3.8, 4) is 0 Å². The van der Waals surface area contributed by atoms with Gasteiger partial charge in [0.1, 0.15) is 10.7 Å². The number of rotatable bonds is 6. The highest BCUT2D eigenvalue weighted by Crippen LogP contribution is 2.53. The molecule has 4 aliphatic rings. The van der Waals surface area contributed by atoms with E-state index in [1.165, 1.54) is 32.1 Å². The van der Waals surface area contributed by atoms with Crippen molar-refractivity contribution in [3.05, 3.63) is 29.0 Å². The number of benzene rings is 1. The molecule has 1 amide bonds. The second-order valence-electron chi connectivity index (χ2n) is 9.76. The third-order valence-corrected chi connectivity index (χ3v) is 8.93. The standard InChI is InChI=1S/C21H28ClFN2O3S/c1-21(2,25-29(27,28)18-4-3-16(23)10-17(18)22)11-19(26)24-20-14-6-12-5-13(8-14)9-15(20)7-12/h3-4,10,12-15,20,25H,5-9,11H2,1-2H3,(H,24,26). The number of sulfonamides is 1. The van der Waals surface area contributed by atoms with E-state index in [-0.39, 0.29) is 28.3 Å². The van der Waals surface area contributed by atoms with Crippen LogP contribution in [0.15, 0.2) is 23.1 Å². The fourth-order valence-electron chi connectivity index (χ4n) is 5.95. The third kappa shape index (κ3) is 4.47. The molecule has 1 aromatic carbocycles. The zero-order chi connectivity index (χ0) is 21.0. The van der Waals surface area contributed by atoms with Gasteiger partial charge in [-0.15, -0.1) is 0 Å². The molecule has 2 N–H and O–H groups in total. The maximum Gasteiger partial charge on any atom is 0.242 e. The van der Waals surface area contributed by atoms with Gasteiger partial charge in [-0.25, -0.2) is 17.5 Å². The molecule has 0 spiro atoms. The van der Waals surface area contributed by atoms with Crippen LogP contribution in [0.1, 0.15) is 52.4 Å². The molecule has 0 heterocycles. The molecule has 4 aliphatic carbocycles. The first-order valence-corrected chi connectivity index (χ1v) is 12.2. The SMILES string of the molecule is CC(C)(CC(=O)NC1C2CC3CC(C2)CC1C3)NS(=O)(=O)c1ccc(F)cc1Cl. The van der Waals surface area contributed by atoms with Crippen molar-refractivity contribution in [2.45, 2.75) is 68.8 Å². The summed E-state index contributed by atoms with van der Waals surface area (Å²) in [5.74, 6) is 2.04. The average Bonchev–Trinajstić information content (AvgIpc) is 2.55. The lowest BCUT2D eigenvalue weighted by atomic mass is 9.54. The fraction of sp³-hybridized carbons (Fsp3) is 0.667. The van der Waals surface area contributed by atoms with Gasteiger partial charge in [0.05, 0.1) is 5.02 Å². The zero-order valence-corrected chi connectivity index (χ0v) is 18.3. The van der Waals surface area contributed by atoms with Crippen LogP contribution in [-0.4, -0.2) is 25.9 Å². The first kappa shape index (κ1) is 21.1. The van der Waals surface area contributed by atoms with Crippen LogP contribution >= 0.6 is 11.6 Å². The van der Waals surface area contributed by atoms with E-state index in [2.05, 4.69) is 10.0 Å². The number of halogens is 2. The summed E-state index contributed by atoms with van der Waals surface area (Å²) in [5.41, 5.74) is -1.01.